The molecule has 1 atom stereocenters. The number of rotatable bonds is 4. The fourth-order valence-electron chi connectivity index (χ4n) is 4.00. The highest BCUT2D eigenvalue weighted by Crippen LogP contribution is 2.31. The van der Waals surface area contributed by atoms with Crippen molar-refractivity contribution in [2.75, 3.05) is 45.9 Å². The van der Waals surface area contributed by atoms with Crippen LogP contribution >= 0.6 is 0 Å². The third kappa shape index (κ3) is 4.36. The zero-order valence-corrected chi connectivity index (χ0v) is 15.9. The Bertz CT molecular complexity index is 808. The zero-order chi connectivity index (χ0) is 19.3. The molecule has 1 aromatic carbocycles. The molecule has 148 valence electrons. The van der Waals surface area contributed by atoms with Crippen molar-refractivity contribution < 1.29 is 13.9 Å². The molecule has 0 unspecified atom stereocenters. The monoisotopic (exact) mass is 384 g/mol. The minimum Gasteiger partial charge on any atom is -0.378 e. The molecule has 2 aliphatic rings. The van der Waals surface area contributed by atoms with Gasteiger partial charge in [-0.15, -0.1) is 0 Å². The van der Waals surface area contributed by atoms with Gasteiger partial charge in [0.15, 0.2) is 0 Å². The molecule has 0 spiro atoms. The minimum atomic E-state index is -0.264. The van der Waals surface area contributed by atoms with Gasteiger partial charge in [0.25, 0.3) is 0 Å². The van der Waals surface area contributed by atoms with Crippen LogP contribution in [0.3, 0.4) is 0 Å². The molecule has 4 rings (SSSR count). The maximum absolute atomic E-state index is 13.3. The molecule has 0 bridgehead atoms. The van der Waals surface area contributed by atoms with Crippen molar-refractivity contribution in [1.29, 1.82) is 0 Å². The second-order valence-corrected chi connectivity index (χ2v) is 7.36. The van der Waals surface area contributed by atoms with Crippen molar-refractivity contribution in [3.05, 3.63) is 48.2 Å². The number of ether oxygens (including phenoxy) is 1. The van der Waals surface area contributed by atoms with Gasteiger partial charge in [0, 0.05) is 43.5 Å². The van der Waals surface area contributed by atoms with Gasteiger partial charge >= 0.3 is 0 Å². The molecule has 0 radical (unpaired) electrons. The number of hydrogen-bond donors (Lipinski definition) is 0. The van der Waals surface area contributed by atoms with Crippen LogP contribution in [0.4, 0.5) is 4.39 Å². The second kappa shape index (κ2) is 8.75. The number of nitrogens with zero attached hydrogens (tertiary/aromatic N) is 4. The van der Waals surface area contributed by atoms with Gasteiger partial charge in [0.2, 0.25) is 5.91 Å². The Kier molecular flexibility index (Phi) is 5.92. The Morgan fingerprint density at radius 2 is 1.86 bits per heavy atom. The number of benzene rings is 1. The molecule has 0 saturated carbocycles. The van der Waals surface area contributed by atoms with Crippen LogP contribution in [-0.2, 0) is 9.53 Å². The van der Waals surface area contributed by atoms with Crippen molar-refractivity contribution in [2.24, 2.45) is 0 Å². The summed E-state index contributed by atoms with van der Waals surface area (Å²) in [6.07, 6.45) is 5.40. The number of aromatic nitrogens is 2. The van der Waals surface area contributed by atoms with Crippen LogP contribution < -0.4 is 0 Å². The van der Waals surface area contributed by atoms with E-state index in [0.717, 1.165) is 42.9 Å². The molecular formula is C21H25FN4O2. The Balaban J connectivity index is 1.47. The van der Waals surface area contributed by atoms with Gasteiger partial charge in [-0.2, -0.15) is 0 Å². The lowest BCUT2D eigenvalue weighted by Crippen LogP contribution is -2.47. The molecule has 2 fully saturated rings. The highest BCUT2D eigenvalue weighted by Gasteiger charge is 2.28. The number of halogens is 1. The first-order chi connectivity index (χ1) is 13.7. The molecular weight excluding hydrogens is 359 g/mol. The Morgan fingerprint density at radius 3 is 2.64 bits per heavy atom. The standard InChI is InChI=1S/C21H25FN4O2/c22-18-5-3-16(4-6-18)20-21(24-8-7-23-20)17-2-1-9-25(14-17)15-19(27)26-10-12-28-13-11-26/h3-8,17H,1-2,9-15H2/t17-/m1/s1. The topological polar surface area (TPSA) is 58.6 Å². The number of carbonyl (C=O) groups excluding carboxylic acids is 1. The van der Waals surface area contributed by atoms with Gasteiger partial charge in [0.05, 0.1) is 31.1 Å². The first kappa shape index (κ1) is 19.0. The fraction of sp³-hybridized carbons (Fsp3) is 0.476. The maximum Gasteiger partial charge on any atom is 0.236 e. The van der Waals surface area contributed by atoms with Crippen molar-refractivity contribution in [3.8, 4) is 11.3 Å². The van der Waals surface area contributed by atoms with E-state index in [1.165, 1.54) is 12.1 Å². The normalized spacial score (nSPS) is 20.9. The zero-order valence-electron chi connectivity index (χ0n) is 15.9. The molecule has 6 nitrogen and oxygen atoms in total. The highest BCUT2D eigenvalue weighted by molar-refractivity contribution is 5.78. The van der Waals surface area contributed by atoms with Crippen molar-refractivity contribution in [1.82, 2.24) is 19.8 Å². The molecule has 0 aliphatic carbocycles. The summed E-state index contributed by atoms with van der Waals surface area (Å²) in [4.78, 5) is 25.8. The number of likely N-dealkylation sites (tertiary alicyclic amines) is 1. The summed E-state index contributed by atoms with van der Waals surface area (Å²) in [5.41, 5.74) is 2.59. The van der Waals surface area contributed by atoms with Crippen LogP contribution in [0.25, 0.3) is 11.3 Å². The number of hydrogen-bond acceptors (Lipinski definition) is 5. The van der Waals surface area contributed by atoms with Gasteiger partial charge < -0.3 is 9.64 Å². The third-order valence-electron chi connectivity index (χ3n) is 5.46. The van der Waals surface area contributed by atoms with Crippen LogP contribution in [0.5, 0.6) is 0 Å². The van der Waals surface area contributed by atoms with E-state index in [0.29, 0.717) is 32.8 Å². The summed E-state index contributed by atoms with van der Waals surface area (Å²) < 4.78 is 18.6. The van der Waals surface area contributed by atoms with Crippen molar-refractivity contribution >= 4 is 5.91 Å². The molecule has 28 heavy (non-hydrogen) atoms. The predicted octanol–water partition coefficient (Wildman–Crippen LogP) is 2.32. The Hall–Kier alpha value is -2.38. The molecule has 0 N–H and O–H groups in total. The summed E-state index contributed by atoms with van der Waals surface area (Å²) in [6.45, 7) is 4.72. The average molecular weight is 384 g/mol. The summed E-state index contributed by atoms with van der Waals surface area (Å²) in [5, 5.41) is 0. The lowest BCUT2D eigenvalue weighted by molar-refractivity contribution is -0.136. The lowest BCUT2D eigenvalue weighted by atomic mass is 9.91. The largest absolute Gasteiger partial charge is 0.378 e. The van der Waals surface area contributed by atoms with Crippen molar-refractivity contribution in [3.63, 3.8) is 0 Å². The number of piperidine rings is 1. The SMILES string of the molecule is O=C(CN1CCC[C@@H](c2nccnc2-c2ccc(F)cc2)C1)N1CCOCC1. The lowest BCUT2D eigenvalue weighted by Gasteiger charge is -2.34. The number of amides is 1. The Morgan fingerprint density at radius 1 is 1.11 bits per heavy atom. The molecule has 1 amide bonds. The molecule has 1 aromatic heterocycles. The van der Waals surface area contributed by atoms with Gasteiger partial charge in [-0.05, 0) is 43.7 Å². The van der Waals surface area contributed by atoms with E-state index in [9.17, 15) is 9.18 Å². The van der Waals surface area contributed by atoms with E-state index >= 15 is 0 Å². The highest BCUT2D eigenvalue weighted by atomic mass is 19.1. The maximum atomic E-state index is 13.3. The average Bonchev–Trinajstić information content (AvgIpc) is 2.75. The van der Waals surface area contributed by atoms with Gasteiger partial charge in [-0.3, -0.25) is 19.7 Å². The van der Waals surface area contributed by atoms with Gasteiger partial charge in [0.1, 0.15) is 5.82 Å². The molecule has 2 saturated heterocycles. The van der Waals surface area contributed by atoms with Crippen LogP contribution in [-0.4, -0.2) is 71.6 Å². The van der Waals surface area contributed by atoms with Crippen LogP contribution in [0, 0.1) is 5.82 Å². The fourth-order valence-corrected chi connectivity index (χ4v) is 4.00. The second-order valence-electron chi connectivity index (χ2n) is 7.36. The van der Waals surface area contributed by atoms with Crippen LogP contribution in [0.1, 0.15) is 24.5 Å². The minimum absolute atomic E-state index is 0.168. The van der Waals surface area contributed by atoms with Crippen LogP contribution in [0.15, 0.2) is 36.7 Å². The van der Waals surface area contributed by atoms with Crippen LogP contribution in [0.2, 0.25) is 0 Å². The molecule has 2 aliphatic heterocycles. The number of morpholine rings is 1. The molecule has 2 aromatic rings. The number of carbonyl (C=O) groups is 1. The van der Waals surface area contributed by atoms with E-state index in [4.69, 9.17) is 4.74 Å². The van der Waals surface area contributed by atoms with E-state index < -0.39 is 0 Å². The van der Waals surface area contributed by atoms with Gasteiger partial charge in [-0.1, -0.05) is 0 Å². The quantitative estimate of drug-likeness (QED) is 0.810. The van der Waals surface area contributed by atoms with E-state index in [-0.39, 0.29) is 17.6 Å². The van der Waals surface area contributed by atoms with E-state index in [2.05, 4.69) is 14.9 Å². The molecule has 7 heteroatoms. The van der Waals surface area contributed by atoms with Gasteiger partial charge in [-0.25, -0.2) is 4.39 Å². The first-order valence-electron chi connectivity index (χ1n) is 9.85. The van der Waals surface area contributed by atoms with E-state index in [1.54, 1.807) is 24.5 Å². The first-order valence-corrected chi connectivity index (χ1v) is 9.85. The Labute approximate surface area is 164 Å². The summed E-state index contributed by atoms with van der Waals surface area (Å²) >= 11 is 0. The molecule has 3 heterocycles. The summed E-state index contributed by atoms with van der Waals surface area (Å²) in [5.74, 6) is 0.113. The predicted molar refractivity (Wildman–Crippen MR) is 103 cm³/mol. The third-order valence-corrected chi connectivity index (χ3v) is 5.46. The van der Waals surface area contributed by atoms with Crippen molar-refractivity contribution in [2.45, 2.75) is 18.8 Å². The smallest absolute Gasteiger partial charge is 0.236 e. The van der Waals surface area contributed by atoms with E-state index in [1.807, 2.05) is 4.90 Å². The summed E-state index contributed by atoms with van der Waals surface area (Å²) in [6, 6.07) is 6.38. The summed E-state index contributed by atoms with van der Waals surface area (Å²) in [7, 11) is 0.